The normalized spacial score (nSPS) is 10.2. The number of nitrogens with one attached hydrogen (secondary N) is 1. The minimum atomic E-state index is -0.311. The number of anilines is 1. The number of hydrogen-bond acceptors (Lipinski definition) is 4. The fourth-order valence-electron chi connectivity index (χ4n) is 1.18. The van der Waals surface area contributed by atoms with Gasteiger partial charge in [-0.15, -0.1) is 0 Å². The van der Waals surface area contributed by atoms with E-state index >= 15 is 0 Å². The summed E-state index contributed by atoms with van der Waals surface area (Å²) in [6.07, 6.45) is -0.311. The molecule has 86 valence electrons. The maximum absolute atomic E-state index is 8.71. The first-order chi connectivity index (χ1) is 7.71. The molecule has 5 heteroatoms. The lowest BCUT2D eigenvalue weighted by molar-refractivity contribution is -0.0914. The van der Waals surface area contributed by atoms with Gasteiger partial charge in [0.15, 0.2) is 6.29 Å². The van der Waals surface area contributed by atoms with E-state index in [0.29, 0.717) is 17.1 Å². The van der Waals surface area contributed by atoms with Crippen molar-refractivity contribution in [2.75, 3.05) is 26.1 Å². The Morgan fingerprint density at radius 3 is 2.62 bits per heavy atom. The molecular formula is C11H13ClN2O2. The van der Waals surface area contributed by atoms with Crippen molar-refractivity contribution in [1.82, 2.24) is 0 Å². The molecule has 0 aliphatic rings. The van der Waals surface area contributed by atoms with E-state index in [2.05, 4.69) is 5.32 Å². The highest BCUT2D eigenvalue weighted by atomic mass is 35.5. The van der Waals surface area contributed by atoms with Crippen LogP contribution in [0.15, 0.2) is 18.2 Å². The molecule has 1 rings (SSSR count). The maximum Gasteiger partial charge on any atom is 0.173 e. The molecule has 0 aliphatic heterocycles. The fourth-order valence-corrected chi connectivity index (χ4v) is 1.40. The Labute approximate surface area is 99.7 Å². The lowest BCUT2D eigenvalue weighted by Crippen LogP contribution is -2.23. The van der Waals surface area contributed by atoms with Crippen LogP contribution in [0.25, 0.3) is 0 Å². The van der Waals surface area contributed by atoms with Gasteiger partial charge in [0.05, 0.1) is 17.1 Å². The quantitative estimate of drug-likeness (QED) is 0.802. The molecule has 0 heterocycles. The zero-order valence-electron chi connectivity index (χ0n) is 9.16. The Bertz CT molecular complexity index is 386. The number of nitrogens with zero attached hydrogens (tertiary/aromatic N) is 1. The van der Waals surface area contributed by atoms with E-state index in [4.69, 9.17) is 26.3 Å². The average molecular weight is 241 g/mol. The Hall–Kier alpha value is -1.28. The Morgan fingerprint density at radius 2 is 2.12 bits per heavy atom. The summed E-state index contributed by atoms with van der Waals surface area (Å²) >= 11 is 5.89. The summed E-state index contributed by atoms with van der Waals surface area (Å²) in [5.41, 5.74) is 1.28. The van der Waals surface area contributed by atoms with Crippen LogP contribution < -0.4 is 5.32 Å². The van der Waals surface area contributed by atoms with Crippen LogP contribution in [0.2, 0.25) is 5.02 Å². The number of methoxy groups -OCH3 is 2. The van der Waals surface area contributed by atoms with Crippen LogP contribution in [0.3, 0.4) is 0 Å². The zero-order chi connectivity index (χ0) is 12.0. The van der Waals surface area contributed by atoms with Crippen LogP contribution in [-0.2, 0) is 9.47 Å². The molecule has 0 spiro atoms. The van der Waals surface area contributed by atoms with Gasteiger partial charge in [-0.25, -0.2) is 0 Å². The SMILES string of the molecule is COC(CNc1ccc(C#N)c(Cl)c1)OC. The van der Waals surface area contributed by atoms with E-state index in [1.165, 1.54) is 0 Å². The van der Waals surface area contributed by atoms with Gasteiger partial charge in [0.1, 0.15) is 6.07 Å². The number of nitriles is 1. The number of ether oxygens (including phenoxy) is 2. The van der Waals surface area contributed by atoms with E-state index < -0.39 is 0 Å². The topological polar surface area (TPSA) is 54.3 Å². The molecule has 1 aromatic rings. The molecule has 1 N–H and O–H groups in total. The lowest BCUT2D eigenvalue weighted by atomic mass is 10.2. The predicted molar refractivity (Wildman–Crippen MR) is 62.5 cm³/mol. The second-order valence-electron chi connectivity index (χ2n) is 3.09. The summed E-state index contributed by atoms with van der Waals surface area (Å²) in [4.78, 5) is 0. The third-order valence-electron chi connectivity index (χ3n) is 2.09. The first-order valence-corrected chi connectivity index (χ1v) is 5.08. The second kappa shape index (κ2) is 6.33. The van der Waals surface area contributed by atoms with Crippen LogP contribution >= 0.6 is 11.6 Å². The Morgan fingerprint density at radius 1 is 1.44 bits per heavy atom. The van der Waals surface area contributed by atoms with Crippen molar-refractivity contribution in [2.45, 2.75) is 6.29 Å². The van der Waals surface area contributed by atoms with Crippen molar-refractivity contribution in [3.63, 3.8) is 0 Å². The van der Waals surface area contributed by atoms with Crippen LogP contribution in [-0.4, -0.2) is 27.1 Å². The first kappa shape index (κ1) is 12.8. The fraction of sp³-hybridized carbons (Fsp3) is 0.364. The number of rotatable bonds is 5. The average Bonchev–Trinajstić information content (AvgIpc) is 2.30. The van der Waals surface area contributed by atoms with Gasteiger partial charge < -0.3 is 14.8 Å². The van der Waals surface area contributed by atoms with Crippen LogP contribution in [0, 0.1) is 11.3 Å². The van der Waals surface area contributed by atoms with E-state index in [9.17, 15) is 0 Å². The van der Waals surface area contributed by atoms with Crippen molar-refractivity contribution in [1.29, 1.82) is 5.26 Å². The summed E-state index contributed by atoms with van der Waals surface area (Å²) in [6, 6.07) is 7.15. The van der Waals surface area contributed by atoms with Gasteiger partial charge in [0.25, 0.3) is 0 Å². The van der Waals surface area contributed by atoms with E-state index in [0.717, 1.165) is 5.69 Å². The highest BCUT2D eigenvalue weighted by Crippen LogP contribution is 2.20. The molecule has 0 saturated carbocycles. The zero-order valence-corrected chi connectivity index (χ0v) is 9.91. The van der Waals surface area contributed by atoms with Crippen molar-refractivity contribution in [3.8, 4) is 6.07 Å². The summed E-state index contributed by atoms with van der Waals surface area (Å²) in [5, 5.41) is 12.2. The molecule has 0 amide bonds. The van der Waals surface area contributed by atoms with Gasteiger partial charge in [0.2, 0.25) is 0 Å². The molecule has 16 heavy (non-hydrogen) atoms. The molecule has 1 aromatic carbocycles. The van der Waals surface area contributed by atoms with Crippen molar-refractivity contribution >= 4 is 17.3 Å². The molecule has 0 fully saturated rings. The van der Waals surface area contributed by atoms with Crippen LogP contribution in [0.1, 0.15) is 5.56 Å². The van der Waals surface area contributed by atoms with Crippen molar-refractivity contribution < 1.29 is 9.47 Å². The van der Waals surface area contributed by atoms with E-state index in [-0.39, 0.29) is 6.29 Å². The molecule has 0 atom stereocenters. The van der Waals surface area contributed by atoms with E-state index in [1.807, 2.05) is 6.07 Å². The molecule has 0 bridgehead atoms. The van der Waals surface area contributed by atoms with Crippen molar-refractivity contribution in [2.24, 2.45) is 0 Å². The maximum atomic E-state index is 8.71. The number of hydrogen-bond donors (Lipinski definition) is 1. The predicted octanol–water partition coefficient (Wildman–Crippen LogP) is 2.24. The molecule has 0 aliphatic carbocycles. The van der Waals surface area contributed by atoms with Crippen LogP contribution in [0.4, 0.5) is 5.69 Å². The monoisotopic (exact) mass is 240 g/mol. The number of halogens is 1. The molecule has 0 saturated heterocycles. The Kier molecular flexibility index (Phi) is 5.06. The van der Waals surface area contributed by atoms with Gasteiger partial charge in [-0.05, 0) is 18.2 Å². The van der Waals surface area contributed by atoms with Gasteiger partial charge in [-0.1, -0.05) is 11.6 Å². The summed E-state index contributed by atoms with van der Waals surface area (Å²) in [5.74, 6) is 0. The third kappa shape index (κ3) is 3.38. The Balaban J connectivity index is 2.62. The summed E-state index contributed by atoms with van der Waals surface area (Å²) < 4.78 is 10.1. The molecule has 0 radical (unpaired) electrons. The molecule has 0 aromatic heterocycles. The summed E-state index contributed by atoms with van der Waals surface area (Å²) in [7, 11) is 3.14. The highest BCUT2D eigenvalue weighted by Gasteiger charge is 2.05. The smallest absolute Gasteiger partial charge is 0.173 e. The molecule has 0 unspecified atom stereocenters. The van der Waals surface area contributed by atoms with E-state index in [1.54, 1.807) is 32.4 Å². The highest BCUT2D eigenvalue weighted by molar-refractivity contribution is 6.32. The van der Waals surface area contributed by atoms with Crippen LogP contribution in [0.5, 0.6) is 0 Å². The minimum absolute atomic E-state index is 0.311. The van der Waals surface area contributed by atoms with Gasteiger partial charge in [0, 0.05) is 19.9 Å². The molecule has 4 nitrogen and oxygen atoms in total. The number of benzene rings is 1. The summed E-state index contributed by atoms with van der Waals surface area (Å²) in [6.45, 7) is 0.509. The third-order valence-corrected chi connectivity index (χ3v) is 2.40. The largest absolute Gasteiger partial charge is 0.380 e. The standard InChI is InChI=1S/C11H13ClN2O2/c1-15-11(16-2)7-14-9-4-3-8(6-13)10(12)5-9/h3-5,11,14H,7H2,1-2H3. The van der Waals surface area contributed by atoms with Gasteiger partial charge in [-0.3, -0.25) is 0 Å². The van der Waals surface area contributed by atoms with Gasteiger partial charge in [-0.2, -0.15) is 5.26 Å². The first-order valence-electron chi connectivity index (χ1n) is 4.70. The minimum Gasteiger partial charge on any atom is -0.380 e. The second-order valence-corrected chi connectivity index (χ2v) is 3.50. The van der Waals surface area contributed by atoms with Gasteiger partial charge >= 0.3 is 0 Å². The van der Waals surface area contributed by atoms with Crippen molar-refractivity contribution in [3.05, 3.63) is 28.8 Å². The molecular weight excluding hydrogens is 228 g/mol. The lowest BCUT2D eigenvalue weighted by Gasteiger charge is -2.15.